The molecule has 0 radical (unpaired) electrons. The summed E-state index contributed by atoms with van der Waals surface area (Å²) in [4.78, 5) is 5.10. The lowest BCUT2D eigenvalue weighted by Crippen LogP contribution is -2.44. The molecule has 0 aliphatic carbocycles. The molecule has 2 aromatic rings. The molecule has 0 bridgehead atoms. The van der Waals surface area contributed by atoms with Crippen molar-refractivity contribution in [1.29, 1.82) is 0 Å². The molecular weight excluding hydrogens is 379 g/mol. The Kier molecular flexibility index (Phi) is 7.09. The number of ether oxygens (including phenoxy) is 1. The van der Waals surface area contributed by atoms with Gasteiger partial charge >= 0.3 is 6.36 Å². The summed E-state index contributed by atoms with van der Waals surface area (Å²) in [5.74, 6) is 0.103. The van der Waals surface area contributed by atoms with Crippen LogP contribution in [0.3, 0.4) is 0 Å². The Bertz CT molecular complexity index is 747. The molecule has 2 rings (SSSR count). The Morgan fingerprint density at radius 2 is 1.93 bits per heavy atom. The van der Waals surface area contributed by atoms with Crippen molar-refractivity contribution < 1.29 is 23.0 Å². The molecule has 0 spiro atoms. The van der Waals surface area contributed by atoms with E-state index in [4.69, 9.17) is 0 Å². The minimum atomic E-state index is -4.76. The highest BCUT2D eigenvalue weighted by Crippen LogP contribution is 2.27. The van der Waals surface area contributed by atoms with Gasteiger partial charge in [-0.2, -0.15) is 0 Å². The average molecular weight is 401 g/mol. The molecule has 0 saturated carbocycles. The predicted octanol–water partition coefficient (Wildman–Crippen LogP) is 3.61. The number of rotatable bonds is 7. The number of benzene rings is 1. The van der Waals surface area contributed by atoms with Gasteiger partial charge in [-0.25, -0.2) is 4.99 Å². The summed E-state index contributed by atoms with van der Waals surface area (Å²) in [6.07, 6.45) is -4.76. The van der Waals surface area contributed by atoms with Crippen molar-refractivity contribution >= 4 is 17.3 Å². The highest BCUT2D eigenvalue weighted by molar-refractivity contribution is 7.10. The Morgan fingerprint density at radius 3 is 2.56 bits per heavy atom. The maximum absolute atomic E-state index is 12.5. The van der Waals surface area contributed by atoms with E-state index in [1.54, 1.807) is 13.0 Å². The van der Waals surface area contributed by atoms with E-state index in [9.17, 15) is 18.3 Å². The zero-order valence-electron chi connectivity index (χ0n) is 15.0. The molecule has 148 valence electrons. The van der Waals surface area contributed by atoms with Crippen LogP contribution in [0.4, 0.5) is 13.2 Å². The van der Waals surface area contributed by atoms with Crippen LogP contribution in [0.1, 0.15) is 24.3 Å². The lowest BCUT2D eigenvalue weighted by Gasteiger charge is -2.23. The molecule has 1 unspecified atom stereocenters. The molecule has 0 aliphatic rings. The maximum atomic E-state index is 12.5. The molecule has 9 heteroatoms. The van der Waals surface area contributed by atoms with E-state index < -0.39 is 12.0 Å². The Morgan fingerprint density at radius 1 is 1.19 bits per heavy atom. The Labute approximate surface area is 159 Å². The van der Waals surface area contributed by atoms with E-state index in [0.29, 0.717) is 18.1 Å². The van der Waals surface area contributed by atoms with Crippen LogP contribution >= 0.6 is 11.3 Å². The molecule has 0 fully saturated rings. The lowest BCUT2D eigenvalue weighted by molar-refractivity contribution is -0.274. The fraction of sp³-hybridized carbons (Fsp3) is 0.389. The summed E-state index contributed by atoms with van der Waals surface area (Å²) < 4.78 is 41.6. The molecule has 1 aromatic heterocycles. The molecule has 1 aromatic carbocycles. The number of halogens is 3. The standard InChI is InChI=1S/C18H22F3N3O2S/c1-3-22-16(24-12-17(2,25)15-9-6-10-27-15)23-11-13-7-4-5-8-14(13)26-18(19,20)21/h4-10,25H,3,11-12H2,1-2H3,(H2,22,23,24). The van der Waals surface area contributed by atoms with Gasteiger partial charge in [-0.3, -0.25) is 0 Å². The zero-order chi connectivity index (χ0) is 19.9. The van der Waals surface area contributed by atoms with Gasteiger partial charge in [0.25, 0.3) is 0 Å². The third kappa shape index (κ3) is 6.76. The normalized spacial score (nSPS) is 14.5. The number of nitrogens with zero attached hydrogens (tertiary/aromatic N) is 1. The third-order valence-corrected chi connectivity index (χ3v) is 4.73. The monoisotopic (exact) mass is 401 g/mol. The van der Waals surface area contributed by atoms with Gasteiger partial charge in [-0.1, -0.05) is 24.3 Å². The second-order valence-corrected chi connectivity index (χ2v) is 6.90. The molecule has 1 atom stereocenters. The first-order valence-electron chi connectivity index (χ1n) is 8.33. The van der Waals surface area contributed by atoms with Gasteiger partial charge in [0.2, 0.25) is 0 Å². The van der Waals surface area contributed by atoms with Crippen LogP contribution in [0.2, 0.25) is 0 Å². The van der Waals surface area contributed by atoms with Crippen LogP contribution in [0.25, 0.3) is 0 Å². The average Bonchev–Trinajstić information content (AvgIpc) is 3.13. The van der Waals surface area contributed by atoms with E-state index in [1.165, 1.54) is 29.5 Å². The molecule has 0 amide bonds. The van der Waals surface area contributed by atoms with Crippen molar-refractivity contribution in [2.45, 2.75) is 32.4 Å². The van der Waals surface area contributed by atoms with Gasteiger partial charge in [-0.15, -0.1) is 24.5 Å². The molecule has 1 heterocycles. The van der Waals surface area contributed by atoms with Gasteiger partial charge in [-0.05, 0) is 31.4 Å². The number of aliphatic hydroxyl groups is 1. The Balaban J connectivity index is 2.08. The van der Waals surface area contributed by atoms with E-state index in [-0.39, 0.29) is 18.8 Å². The molecule has 3 N–H and O–H groups in total. The number of aliphatic imine (C=N–C) groups is 1. The zero-order valence-corrected chi connectivity index (χ0v) is 15.8. The minimum Gasteiger partial charge on any atom is -0.405 e. The number of hydrogen-bond donors (Lipinski definition) is 3. The molecule has 27 heavy (non-hydrogen) atoms. The summed E-state index contributed by atoms with van der Waals surface area (Å²) in [5.41, 5.74) is -0.793. The first-order chi connectivity index (χ1) is 12.7. The molecule has 0 aliphatic heterocycles. The van der Waals surface area contributed by atoms with Crippen LogP contribution in [0.5, 0.6) is 5.75 Å². The van der Waals surface area contributed by atoms with Crippen molar-refractivity contribution in [1.82, 2.24) is 10.6 Å². The van der Waals surface area contributed by atoms with Gasteiger partial charge in [0.15, 0.2) is 5.96 Å². The largest absolute Gasteiger partial charge is 0.573 e. The number of alkyl halides is 3. The highest BCUT2D eigenvalue weighted by atomic mass is 32.1. The van der Waals surface area contributed by atoms with E-state index >= 15 is 0 Å². The summed E-state index contributed by atoms with van der Waals surface area (Å²) in [6.45, 7) is 4.30. The maximum Gasteiger partial charge on any atom is 0.573 e. The van der Waals surface area contributed by atoms with Gasteiger partial charge < -0.3 is 20.5 Å². The van der Waals surface area contributed by atoms with Crippen molar-refractivity contribution in [3.05, 3.63) is 52.2 Å². The van der Waals surface area contributed by atoms with Gasteiger partial charge in [0.05, 0.1) is 13.1 Å². The topological polar surface area (TPSA) is 65.9 Å². The summed E-state index contributed by atoms with van der Waals surface area (Å²) >= 11 is 1.44. The molecule has 5 nitrogen and oxygen atoms in total. The van der Waals surface area contributed by atoms with Crippen LogP contribution in [0, 0.1) is 0 Å². The summed E-state index contributed by atoms with van der Waals surface area (Å²) in [5, 5.41) is 18.5. The quantitative estimate of drug-likeness (QED) is 0.490. The van der Waals surface area contributed by atoms with E-state index in [2.05, 4.69) is 20.4 Å². The first kappa shape index (κ1) is 21.0. The number of para-hydroxylation sites is 1. The second-order valence-electron chi connectivity index (χ2n) is 5.96. The number of guanidine groups is 1. The number of nitrogens with one attached hydrogen (secondary N) is 2. The van der Waals surface area contributed by atoms with Crippen LogP contribution < -0.4 is 15.4 Å². The molecule has 0 saturated heterocycles. The smallest absolute Gasteiger partial charge is 0.405 e. The molecular formula is C18H22F3N3O2S. The van der Waals surface area contributed by atoms with Crippen LogP contribution in [-0.2, 0) is 12.1 Å². The highest BCUT2D eigenvalue weighted by Gasteiger charge is 2.32. The van der Waals surface area contributed by atoms with Crippen molar-refractivity contribution in [2.24, 2.45) is 4.99 Å². The van der Waals surface area contributed by atoms with Crippen LogP contribution in [-0.4, -0.2) is 30.5 Å². The van der Waals surface area contributed by atoms with Crippen molar-refractivity contribution in [2.75, 3.05) is 13.1 Å². The minimum absolute atomic E-state index is 0.0112. The van der Waals surface area contributed by atoms with Crippen molar-refractivity contribution in [3.63, 3.8) is 0 Å². The van der Waals surface area contributed by atoms with Gasteiger partial charge in [0.1, 0.15) is 11.4 Å². The predicted molar refractivity (Wildman–Crippen MR) is 99.8 cm³/mol. The second kappa shape index (κ2) is 9.09. The summed E-state index contributed by atoms with van der Waals surface area (Å²) in [6, 6.07) is 9.55. The van der Waals surface area contributed by atoms with Crippen molar-refractivity contribution in [3.8, 4) is 5.75 Å². The van der Waals surface area contributed by atoms with E-state index in [0.717, 1.165) is 4.88 Å². The first-order valence-corrected chi connectivity index (χ1v) is 9.21. The number of hydrogen-bond acceptors (Lipinski definition) is 4. The number of thiophene rings is 1. The van der Waals surface area contributed by atoms with E-state index in [1.807, 2.05) is 24.4 Å². The fourth-order valence-corrected chi connectivity index (χ4v) is 3.08. The summed E-state index contributed by atoms with van der Waals surface area (Å²) in [7, 11) is 0. The lowest BCUT2D eigenvalue weighted by atomic mass is 10.1. The third-order valence-electron chi connectivity index (χ3n) is 3.60. The fourth-order valence-electron chi connectivity index (χ4n) is 2.29. The van der Waals surface area contributed by atoms with Crippen LogP contribution in [0.15, 0.2) is 46.8 Å². The van der Waals surface area contributed by atoms with Gasteiger partial charge in [0, 0.05) is 17.0 Å². The Hall–Kier alpha value is -2.26. The SMILES string of the molecule is CCNC(=NCc1ccccc1OC(F)(F)F)NCC(C)(O)c1cccs1.